The Morgan fingerprint density at radius 2 is 0.400 bits per heavy atom. The smallest absolute Gasteiger partial charge is 0.0739 e. The molecule has 364 valence electrons. The second-order valence-corrected chi connectivity index (χ2v) is 18.3. The molecule has 6 nitrogen and oxygen atoms in total. The van der Waals surface area contributed by atoms with E-state index in [0.29, 0.717) is 0 Å². The van der Waals surface area contributed by atoms with E-state index < -0.39 is 11.9 Å². The molecule has 0 aliphatic carbocycles. The van der Waals surface area contributed by atoms with Gasteiger partial charge in [0, 0.05) is 11.9 Å². The van der Waals surface area contributed by atoms with Gasteiger partial charge >= 0.3 is 0 Å². The third-order valence-corrected chi connectivity index (χ3v) is 12.1. The molecule has 0 aromatic heterocycles. The molecule has 60 heavy (non-hydrogen) atoms. The van der Waals surface area contributed by atoms with Crippen LogP contribution < -0.4 is 22.1 Å². The fourth-order valence-electron chi connectivity index (χ4n) is 8.01. The SMILES string of the molecule is CCCCCCCCCCCCCCCCCC(=O)[O-].CCCCCCCCCCCCCCCCCC(=O)[O-].CCCCCCCCCCCCCCCCCC[NH3+].[NH4+]. The van der Waals surface area contributed by atoms with Gasteiger partial charge in [0.15, 0.2) is 0 Å². The molecule has 0 aromatic rings. The number of hydrogen-bond acceptors (Lipinski definition) is 4. The van der Waals surface area contributed by atoms with Crippen LogP contribution in [0.4, 0.5) is 0 Å². The van der Waals surface area contributed by atoms with Crippen LogP contribution in [-0.2, 0) is 9.59 Å². The Bertz CT molecular complexity index is 689. The van der Waals surface area contributed by atoms with Crippen molar-refractivity contribution in [3.63, 3.8) is 0 Å². The van der Waals surface area contributed by atoms with Gasteiger partial charge in [0.1, 0.15) is 0 Å². The van der Waals surface area contributed by atoms with Crippen molar-refractivity contribution in [2.24, 2.45) is 0 Å². The number of rotatable bonds is 48. The van der Waals surface area contributed by atoms with Gasteiger partial charge in [-0.15, -0.1) is 0 Å². The lowest BCUT2D eigenvalue weighted by Gasteiger charge is -2.04. The summed E-state index contributed by atoms with van der Waals surface area (Å²) >= 11 is 0. The van der Waals surface area contributed by atoms with Crippen molar-refractivity contribution in [3.8, 4) is 0 Å². The summed E-state index contributed by atoms with van der Waals surface area (Å²) in [6.45, 7) is 7.95. The van der Waals surface area contributed by atoms with Crippen molar-refractivity contribution in [1.29, 1.82) is 0 Å². The first-order chi connectivity index (χ1) is 29.0. The predicted octanol–water partition coefficient (Wildman–Crippen LogP) is 15.9. The summed E-state index contributed by atoms with van der Waals surface area (Å²) in [6.07, 6.45) is 62.9. The number of carboxylic acid groups (broad SMARTS) is 2. The van der Waals surface area contributed by atoms with Gasteiger partial charge in [-0.05, 0) is 38.5 Å². The van der Waals surface area contributed by atoms with E-state index in [-0.39, 0.29) is 19.0 Å². The maximum Gasteiger partial charge on any atom is 0.0739 e. The van der Waals surface area contributed by atoms with Gasteiger partial charge < -0.3 is 31.7 Å². The summed E-state index contributed by atoms with van der Waals surface area (Å²) in [4.78, 5) is 20.4. The Morgan fingerprint density at radius 3 is 0.533 bits per heavy atom. The molecule has 0 spiro atoms. The monoisotopic (exact) mass is 855 g/mol. The first-order valence-electron chi connectivity index (χ1n) is 27.1. The lowest BCUT2D eigenvalue weighted by molar-refractivity contribution is -0.368. The Hall–Kier alpha value is -1.14. The number of aliphatic carboxylic acids is 2. The largest absolute Gasteiger partial charge is 0.550 e. The van der Waals surface area contributed by atoms with Crippen LogP contribution in [0.25, 0.3) is 0 Å². The van der Waals surface area contributed by atoms with E-state index in [0.717, 1.165) is 32.2 Å². The summed E-state index contributed by atoms with van der Waals surface area (Å²) in [6, 6.07) is 0. The number of hydrogen-bond donors (Lipinski definition) is 2. The van der Waals surface area contributed by atoms with E-state index in [1.54, 1.807) is 0 Å². The quantitative estimate of drug-likeness (QED) is 0.0587. The highest BCUT2D eigenvalue weighted by atomic mass is 16.4. The molecule has 0 saturated carbocycles. The third-order valence-electron chi connectivity index (χ3n) is 12.1. The van der Waals surface area contributed by atoms with Crippen LogP contribution in [0, 0.1) is 0 Å². The number of carboxylic acids is 2. The van der Waals surface area contributed by atoms with Crippen LogP contribution in [0.15, 0.2) is 0 Å². The van der Waals surface area contributed by atoms with Crippen molar-refractivity contribution in [1.82, 2.24) is 6.15 Å². The molecule has 0 fully saturated rings. The number of carbonyl (C=O) groups excluding carboxylic acids is 2. The van der Waals surface area contributed by atoms with Gasteiger partial charge in [0.2, 0.25) is 0 Å². The topological polar surface area (TPSA) is 144 Å². The summed E-state index contributed by atoms with van der Waals surface area (Å²) in [5, 5.41) is 20.4. The molecule has 0 aliphatic rings. The molecule has 0 aromatic carbocycles. The van der Waals surface area contributed by atoms with Crippen molar-refractivity contribution >= 4 is 11.9 Å². The first kappa shape index (κ1) is 65.5. The van der Waals surface area contributed by atoms with Crippen molar-refractivity contribution < 1.29 is 25.5 Å². The second-order valence-electron chi connectivity index (χ2n) is 18.3. The number of quaternary nitrogens is 2. The van der Waals surface area contributed by atoms with Gasteiger partial charge in [-0.25, -0.2) is 0 Å². The van der Waals surface area contributed by atoms with E-state index >= 15 is 0 Å². The van der Waals surface area contributed by atoms with Crippen LogP contribution in [0.1, 0.15) is 329 Å². The predicted molar refractivity (Wildman–Crippen MR) is 262 cm³/mol. The Morgan fingerprint density at radius 1 is 0.267 bits per heavy atom. The molecule has 0 radical (unpaired) electrons. The Kier molecular flexibility index (Phi) is 70.4. The highest BCUT2D eigenvalue weighted by Crippen LogP contribution is 2.16. The number of unbranched alkanes of at least 4 members (excludes halogenated alkanes) is 43. The molecular weight excluding hydrogens is 741 g/mol. The van der Waals surface area contributed by atoms with Gasteiger partial charge in [0.25, 0.3) is 0 Å². The maximum absolute atomic E-state index is 10.2. The second kappa shape index (κ2) is 64.5. The lowest BCUT2D eigenvalue weighted by atomic mass is 10.0. The van der Waals surface area contributed by atoms with Crippen LogP contribution in [0.5, 0.6) is 0 Å². The summed E-state index contributed by atoms with van der Waals surface area (Å²) < 4.78 is 0. The standard InChI is InChI=1S/C18H39N.2C18H36O2.H3N/c1-2-3-4-5-6-7-8-9-10-11-12-13-14-15-16-17-18-19;2*1-2-3-4-5-6-7-8-9-10-11-12-13-14-15-16-17-18(19)20;/h2-19H2,1H3;2*2-17H2,1H3,(H,19,20);1H3. The fourth-order valence-corrected chi connectivity index (χ4v) is 8.01. The van der Waals surface area contributed by atoms with E-state index in [2.05, 4.69) is 26.5 Å². The summed E-state index contributed by atoms with van der Waals surface area (Å²) in [7, 11) is 0. The lowest BCUT2D eigenvalue weighted by Crippen LogP contribution is -2.50. The molecule has 0 amide bonds. The molecule has 7 N–H and O–H groups in total. The molecule has 0 heterocycles. The van der Waals surface area contributed by atoms with E-state index in [1.165, 1.54) is 270 Å². The molecule has 0 rings (SSSR count). The van der Waals surface area contributed by atoms with E-state index in [9.17, 15) is 19.8 Å². The highest BCUT2D eigenvalue weighted by Gasteiger charge is 1.97. The molecule has 6 heteroatoms. The van der Waals surface area contributed by atoms with Crippen molar-refractivity contribution in [2.75, 3.05) is 6.54 Å². The third kappa shape index (κ3) is 74.3. The Labute approximate surface area is 377 Å². The molecule has 0 atom stereocenters. The van der Waals surface area contributed by atoms with Crippen LogP contribution in [0.3, 0.4) is 0 Å². The normalized spacial score (nSPS) is 10.7. The first-order valence-corrected chi connectivity index (χ1v) is 27.1. The average Bonchev–Trinajstić information content (AvgIpc) is 3.22. The molecular formula is C54H114N2O4. The van der Waals surface area contributed by atoms with E-state index in [4.69, 9.17) is 0 Å². The molecule has 0 bridgehead atoms. The highest BCUT2D eigenvalue weighted by molar-refractivity contribution is 5.64. The maximum atomic E-state index is 10.2. The minimum absolute atomic E-state index is 0. The van der Waals surface area contributed by atoms with Crippen LogP contribution in [0.2, 0.25) is 0 Å². The zero-order chi connectivity index (χ0) is 43.8. The average molecular weight is 856 g/mol. The van der Waals surface area contributed by atoms with Crippen molar-refractivity contribution in [2.45, 2.75) is 329 Å². The zero-order valence-corrected chi connectivity index (χ0v) is 42.0. The molecule has 0 aliphatic heterocycles. The van der Waals surface area contributed by atoms with Gasteiger partial charge in [-0.1, -0.05) is 290 Å². The van der Waals surface area contributed by atoms with Gasteiger partial charge in [-0.3, -0.25) is 0 Å². The van der Waals surface area contributed by atoms with Gasteiger partial charge in [-0.2, -0.15) is 0 Å². The minimum Gasteiger partial charge on any atom is -0.550 e. The Balaban J connectivity index is -0.000000389. The van der Waals surface area contributed by atoms with Crippen molar-refractivity contribution in [3.05, 3.63) is 0 Å². The summed E-state index contributed by atoms with van der Waals surface area (Å²) in [5.74, 6) is -1.81. The van der Waals surface area contributed by atoms with Gasteiger partial charge in [0.05, 0.1) is 6.54 Å². The van der Waals surface area contributed by atoms with Crippen LogP contribution in [-0.4, -0.2) is 18.5 Å². The summed E-state index contributed by atoms with van der Waals surface area (Å²) in [5.41, 5.74) is 3.89. The van der Waals surface area contributed by atoms with Crippen LogP contribution >= 0.6 is 0 Å². The molecule has 0 saturated heterocycles. The minimum atomic E-state index is -0.903. The number of carbonyl (C=O) groups is 2. The molecule has 0 unspecified atom stereocenters. The van der Waals surface area contributed by atoms with E-state index in [1.807, 2.05) is 0 Å². The fraction of sp³-hybridized carbons (Fsp3) is 0.963. The zero-order valence-electron chi connectivity index (χ0n) is 42.0.